The summed E-state index contributed by atoms with van der Waals surface area (Å²) in [7, 11) is 3.31. The van der Waals surface area contributed by atoms with Crippen molar-refractivity contribution >= 4 is 23.0 Å². The van der Waals surface area contributed by atoms with E-state index in [1.807, 2.05) is 18.2 Å². The van der Waals surface area contributed by atoms with Crippen molar-refractivity contribution in [2.45, 2.75) is 44.1 Å². The van der Waals surface area contributed by atoms with Crippen LogP contribution in [0, 0.1) is 17.8 Å². The molecule has 0 aliphatic heterocycles. The highest BCUT2D eigenvalue weighted by atomic mass is 32.1. The summed E-state index contributed by atoms with van der Waals surface area (Å²) in [6.45, 7) is 0. The van der Waals surface area contributed by atoms with Crippen molar-refractivity contribution in [3.63, 3.8) is 0 Å². The number of benzene rings is 1. The maximum absolute atomic E-state index is 5.63. The third kappa shape index (κ3) is 3.06. The van der Waals surface area contributed by atoms with Crippen LogP contribution in [0.1, 0.15) is 38.5 Å². The van der Waals surface area contributed by atoms with Crippen molar-refractivity contribution in [2.24, 2.45) is 17.8 Å². The van der Waals surface area contributed by atoms with Gasteiger partial charge in [0, 0.05) is 29.4 Å². The van der Waals surface area contributed by atoms with Crippen LogP contribution in [0.5, 0.6) is 11.5 Å². The molecule has 0 saturated heterocycles. The van der Waals surface area contributed by atoms with E-state index in [1.54, 1.807) is 14.2 Å². The number of ether oxygens (including phenoxy) is 2. The maximum atomic E-state index is 5.63. The smallest absolute Gasteiger partial charge is 0.171 e. The first-order chi connectivity index (χ1) is 11.6. The van der Waals surface area contributed by atoms with Gasteiger partial charge in [0.2, 0.25) is 0 Å². The molecule has 4 bridgehead atoms. The predicted octanol–water partition coefficient (Wildman–Crippen LogP) is 3.96. The van der Waals surface area contributed by atoms with E-state index < -0.39 is 0 Å². The Labute approximate surface area is 149 Å². The highest BCUT2D eigenvalue weighted by Gasteiger charge is 2.51. The van der Waals surface area contributed by atoms with Gasteiger partial charge in [-0.05, 0) is 68.5 Å². The molecule has 130 valence electrons. The van der Waals surface area contributed by atoms with E-state index in [-0.39, 0.29) is 5.54 Å². The normalized spacial score (nSPS) is 33.2. The number of thiocarbonyl (C=S) groups is 1. The molecule has 0 atom stereocenters. The topological polar surface area (TPSA) is 42.5 Å². The Hall–Kier alpha value is -1.49. The first-order valence-electron chi connectivity index (χ1n) is 8.90. The lowest BCUT2D eigenvalue weighted by Gasteiger charge is -2.57. The highest BCUT2D eigenvalue weighted by Crippen LogP contribution is 2.55. The Bertz CT molecular complexity index is 589. The predicted molar refractivity (Wildman–Crippen MR) is 99.8 cm³/mol. The van der Waals surface area contributed by atoms with Crippen molar-refractivity contribution in [2.75, 3.05) is 19.5 Å². The van der Waals surface area contributed by atoms with E-state index in [0.29, 0.717) is 5.11 Å². The minimum absolute atomic E-state index is 0.224. The van der Waals surface area contributed by atoms with E-state index in [4.69, 9.17) is 21.7 Å². The lowest BCUT2D eigenvalue weighted by Crippen LogP contribution is -2.60. The molecule has 5 rings (SSSR count). The molecule has 0 amide bonds. The van der Waals surface area contributed by atoms with Crippen LogP contribution in [-0.4, -0.2) is 24.9 Å². The van der Waals surface area contributed by atoms with Crippen molar-refractivity contribution in [1.82, 2.24) is 5.32 Å². The molecular formula is C19H26N2O2S. The van der Waals surface area contributed by atoms with Gasteiger partial charge in [0.05, 0.1) is 14.2 Å². The average molecular weight is 346 g/mol. The van der Waals surface area contributed by atoms with E-state index >= 15 is 0 Å². The monoisotopic (exact) mass is 346 g/mol. The number of methoxy groups -OCH3 is 2. The van der Waals surface area contributed by atoms with Crippen LogP contribution in [0.15, 0.2) is 18.2 Å². The molecule has 0 heterocycles. The fraction of sp³-hybridized carbons (Fsp3) is 0.632. The van der Waals surface area contributed by atoms with Crippen molar-refractivity contribution < 1.29 is 9.47 Å². The Kier molecular flexibility index (Phi) is 4.07. The summed E-state index contributed by atoms with van der Waals surface area (Å²) in [6.07, 6.45) is 8.16. The number of nitrogens with one attached hydrogen (secondary N) is 2. The summed E-state index contributed by atoms with van der Waals surface area (Å²) in [5, 5.41) is 7.73. The number of anilines is 1. The van der Waals surface area contributed by atoms with E-state index in [2.05, 4.69) is 10.6 Å². The van der Waals surface area contributed by atoms with Crippen LogP contribution in [0.3, 0.4) is 0 Å². The molecule has 4 aliphatic rings. The van der Waals surface area contributed by atoms with Gasteiger partial charge in [0.25, 0.3) is 0 Å². The Morgan fingerprint density at radius 3 is 1.92 bits per heavy atom. The van der Waals surface area contributed by atoms with Crippen LogP contribution in [0.2, 0.25) is 0 Å². The molecule has 4 aliphatic carbocycles. The summed E-state index contributed by atoms with van der Waals surface area (Å²) < 4.78 is 10.7. The standard InChI is InChI=1S/C19H26N2O2S/c1-22-16-6-15(7-17(8-16)23-2)20-18(24)21-19-9-12-3-13(10-19)5-14(4-12)11-19/h6-8,12-14H,3-5,9-11H2,1-2H3,(H2,20,21,24). The second-order valence-electron chi connectivity index (χ2n) is 7.88. The van der Waals surface area contributed by atoms with Crippen molar-refractivity contribution in [1.29, 1.82) is 0 Å². The summed E-state index contributed by atoms with van der Waals surface area (Å²) >= 11 is 5.63. The summed E-state index contributed by atoms with van der Waals surface area (Å²) in [5.41, 5.74) is 1.12. The molecule has 4 nitrogen and oxygen atoms in total. The number of hydrogen-bond donors (Lipinski definition) is 2. The van der Waals surface area contributed by atoms with Crippen molar-refractivity contribution in [3.8, 4) is 11.5 Å². The van der Waals surface area contributed by atoms with E-state index in [1.165, 1.54) is 38.5 Å². The largest absolute Gasteiger partial charge is 0.497 e. The van der Waals surface area contributed by atoms with Crippen LogP contribution >= 0.6 is 12.2 Å². The second-order valence-corrected chi connectivity index (χ2v) is 8.29. The van der Waals surface area contributed by atoms with E-state index in [9.17, 15) is 0 Å². The first kappa shape index (κ1) is 16.0. The molecule has 2 N–H and O–H groups in total. The summed E-state index contributed by atoms with van der Waals surface area (Å²) in [6, 6.07) is 5.74. The SMILES string of the molecule is COc1cc(NC(=S)NC23CC4CC(CC(C4)C2)C3)cc(OC)c1. The molecule has 1 aromatic carbocycles. The maximum Gasteiger partial charge on any atom is 0.171 e. The summed E-state index contributed by atoms with van der Waals surface area (Å²) in [4.78, 5) is 0. The van der Waals surface area contributed by atoms with Gasteiger partial charge in [-0.3, -0.25) is 0 Å². The lowest BCUT2D eigenvalue weighted by molar-refractivity contribution is -0.00972. The van der Waals surface area contributed by atoms with Gasteiger partial charge >= 0.3 is 0 Å². The van der Waals surface area contributed by atoms with Crippen LogP contribution in [0.4, 0.5) is 5.69 Å². The zero-order valence-electron chi connectivity index (χ0n) is 14.4. The zero-order valence-corrected chi connectivity index (χ0v) is 15.2. The van der Waals surface area contributed by atoms with Gasteiger partial charge in [-0.2, -0.15) is 0 Å². The average Bonchev–Trinajstić information content (AvgIpc) is 2.52. The van der Waals surface area contributed by atoms with Gasteiger partial charge in [0.15, 0.2) is 5.11 Å². The molecule has 5 heteroatoms. The molecule has 0 unspecified atom stereocenters. The molecule has 4 saturated carbocycles. The van der Waals surface area contributed by atoms with Gasteiger partial charge in [-0.25, -0.2) is 0 Å². The molecular weight excluding hydrogens is 320 g/mol. The molecule has 4 fully saturated rings. The molecule has 24 heavy (non-hydrogen) atoms. The zero-order chi connectivity index (χ0) is 16.7. The molecule has 0 spiro atoms. The Balaban J connectivity index is 1.45. The molecule has 0 radical (unpaired) electrons. The fourth-order valence-electron chi connectivity index (χ4n) is 5.55. The minimum Gasteiger partial charge on any atom is -0.497 e. The van der Waals surface area contributed by atoms with Gasteiger partial charge in [-0.15, -0.1) is 0 Å². The quantitative estimate of drug-likeness (QED) is 0.808. The van der Waals surface area contributed by atoms with Gasteiger partial charge in [0.1, 0.15) is 11.5 Å². The third-order valence-electron chi connectivity index (χ3n) is 6.03. The van der Waals surface area contributed by atoms with Gasteiger partial charge in [-0.1, -0.05) is 0 Å². The Morgan fingerprint density at radius 2 is 1.46 bits per heavy atom. The first-order valence-corrected chi connectivity index (χ1v) is 9.30. The fourth-order valence-corrected chi connectivity index (χ4v) is 5.88. The van der Waals surface area contributed by atoms with E-state index in [0.717, 1.165) is 34.9 Å². The second kappa shape index (κ2) is 6.10. The third-order valence-corrected chi connectivity index (χ3v) is 6.23. The van der Waals surface area contributed by atoms with Crippen molar-refractivity contribution in [3.05, 3.63) is 18.2 Å². The lowest BCUT2D eigenvalue weighted by atomic mass is 9.53. The van der Waals surface area contributed by atoms with Crippen LogP contribution < -0.4 is 20.1 Å². The van der Waals surface area contributed by atoms with Crippen LogP contribution in [-0.2, 0) is 0 Å². The minimum atomic E-state index is 0.224. The molecule has 0 aromatic heterocycles. The number of rotatable bonds is 4. The highest BCUT2D eigenvalue weighted by molar-refractivity contribution is 7.80. The summed E-state index contributed by atoms with van der Waals surface area (Å²) in [5.74, 6) is 4.24. The Morgan fingerprint density at radius 1 is 0.958 bits per heavy atom. The number of hydrogen-bond acceptors (Lipinski definition) is 3. The molecule has 1 aromatic rings. The van der Waals surface area contributed by atoms with Gasteiger partial charge < -0.3 is 20.1 Å². The van der Waals surface area contributed by atoms with Crippen LogP contribution in [0.25, 0.3) is 0 Å².